The van der Waals surface area contributed by atoms with Gasteiger partial charge < -0.3 is 15.6 Å². The lowest BCUT2D eigenvalue weighted by Gasteiger charge is -2.05. The first-order valence-electron chi connectivity index (χ1n) is 5.83. The zero-order chi connectivity index (χ0) is 12.1. The van der Waals surface area contributed by atoms with Crippen LogP contribution in [0.25, 0.3) is 10.9 Å². The summed E-state index contributed by atoms with van der Waals surface area (Å²) >= 11 is 0. The van der Waals surface area contributed by atoms with Gasteiger partial charge in [-0.1, -0.05) is 6.07 Å². The van der Waals surface area contributed by atoms with Crippen LogP contribution in [0.1, 0.15) is 12.5 Å². The Kier molecular flexibility index (Phi) is 3.77. The molecule has 1 heterocycles. The molecule has 0 saturated heterocycles. The summed E-state index contributed by atoms with van der Waals surface area (Å²) in [6.07, 6.45) is 1.93. The van der Waals surface area contributed by atoms with Crippen molar-refractivity contribution in [2.24, 2.45) is 0 Å². The molecule has 0 spiro atoms. The maximum absolute atomic E-state index is 11.2. The van der Waals surface area contributed by atoms with Gasteiger partial charge in [0, 0.05) is 24.8 Å². The molecule has 0 atom stereocenters. The van der Waals surface area contributed by atoms with Gasteiger partial charge in [-0.05, 0) is 36.1 Å². The van der Waals surface area contributed by atoms with Gasteiger partial charge in [0.15, 0.2) is 0 Å². The number of aromatic amines is 1. The van der Waals surface area contributed by atoms with Crippen molar-refractivity contribution in [1.82, 2.24) is 15.6 Å². The summed E-state index contributed by atoms with van der Waals surface area (Å²) in [5.41, 5.74) is 2.32. The number of nitrogens with one attached hydrogen (secondary N) is 3. The molecule has 0 aliphatic carbocycles. The number of H-pyrrole nitrogens is 1. The van der Waals surface area contributed by atoms with E-state index in [4.69, 9.17) is 0 Å². The number of benzene rings is 1. The molecule has 0 bridgehead atoms. The summed E-state index contributed by atoms with van der Waals surface area (Å²) < 4.78 is 0. The Balaban J connectivity index is 1.88. The summed E-state index contributed by atoms with van der Waals surface area (Å²) in [7, 11) is 0. The van der Waals surface area contributed by atoms with Crippen molar-refractivity contribution in [3.8, 4) is 0 Å². The van der Waals surface area contributed by atoms with Gasteiger partial charge in [-0.3, -0.25) is 4.79 Å². The second-order valence-electron chi connectivity index (χ2n) is 3.96. The number of hydrogen-bond donors (Lipinski definition) is 3. The molecule has 0 aliphatic rings. The van der Waals surface area contributed by atoms with Crippen molar-refractivity contribution in [2.45, 2.75) is 13.5 Å². The lowest BCUT2D eigenvalue weighted by molar-refractivity contribution is -0.120. The largest absolute Gasteiger partial charge is 0.361 e. The summed E-state index contributed by atoms with van der Waals surface area (Å²) in [4.78, 5) is 14.4. The SMILES string of the molecule is CCNC(=O)CNCc1ccc2[nH]ccc2c1. The van der Waals surface area contributed by atoms with Crippen LogP contribution in [0.15, 0.2) is 30.5 Å². The van der Waals surface area contributed by atoms with Gasteiger partial charge in [-0.25, -0.2) is 0 Å². The fourth-order valence-corrected chi connectivity index (χ4v) is 1.79. The molecule has 4 heteroatoms. The minimum atomic E-state index is 0.0372. The summed E-state index contributed by atoms with van der Waals surface area (Å²) in [6, 6.07) is 8.28. The van der Waals surface area contributed by atoms with Crippen LogP contribution in [0.2, 0.25) is 0 Å². The lowest BCUT2D eigenvalue weighted by atomic mass is 10.1. The molecule has 1 aromatic carbocycles. The van der Waals surface area contributed by atoms with E-state index in [2.05, 4.69) is 33.8 Å². The van der Waals surface area contributed by atoms with Crippen molar-refractivity contribution >= 4 is 16.8 Å². The first-order chi connectivity index (χ1) is 8.29. The molecule has 0 aliphatic heterocycles. The number of carbonyl (C=O) groups is 1. The zero-order valence-corrected chi connectivity index (χ0v) is 9.92. The highest BCUT2D eigenvalue weighted by molar-refractivity contribution is 5.80. The van der Waals surface area contributed by atoms with E-state index in [0.717, 1.165) is 5.52 Å². The number of rotatable bonds is 5. The monoisotopic (exact) mass is 231 g/mol. The number of likely N-dealkylation sites (N-methyl/N-ethyl adjacent to an activating group) is 1. The Hall–Kier alpha value is -1.81. The van der Waals surface area contributed by atoms with Crippen LogP contribution in [-0.2, 0) is 11.3 Å². The van der Waals surface area contributed by atoms with E-state index in [9.17, 15) is 4.79 Å². The smallest absolute Gasteiger partial charge is 0.233 e. The maximum atomic E-state index is 11.2. The van der Waals surface area contributed by atoms with Gasteiger partial charge in [-0.15, -0.1) is 0 Å². The number of fused-ring (bicyclic) bond motifs is 1. The van der Waals surface area contributed by atoms with Crippen LogP contribution < -0.4 is 10.6 Å². The van der Waals surface area contributed by atoms with Crippen LogP contribution in [-0.4, -0.2) is 24.0 Å². The Bertz CT molecular complexity index is 504. The van der Waals surface area contributed by atoms with Crippen molar-refractivity contribution < 1.29 is 4.79 Å². The third-order valence-electron chi connectivity index (χ3n) is 2.61. The molecular formula is C13H17N3O. The van der Waals surface area contributed by atoms with Crippen LogP contribution in [0, 0.1) is 0 Å². The summed E-state index contributed by atoms with van der Waals surface area (Å²) in [5.74, 6) is 0.0372. The molecule has 1 amide bonds. The van der Waals surface area contributed by atoms with E-state index in [1.165, 1.54) is 10.9 Å². The standard InChI is InChI=1S/C13H17N3O/c1-2-15-13(17)9-14-8-10-3-4-12-11(7-10)5-6-16-12/h3-7,14,16H,2,8-9H2,1H3,(H,15,17). The predicted octanol–water partition coefficient (Wildman–Crippen LogP) is 1.39. The second-order valence-corrected chi connectivity index (χ2v) is 3.96. The average Bonchev–Trinajstić information content (AvgIpc) is 2.76. The van der Waals surface area contributed by atoms with E-state index in [0.29, 0.717) is 19.6 Å². The zero-order valence-electron chi connectivity index (χ0n) is 9.92. The van der Waals surface area contributed by atoms with Crippen molar-refractivity contribution in [3.63, 3.8) is 0 Å². The van der Waals surface area contributed by atoms with E-state index in [1.807, 2.05) is 19.2 Å². The number of amides is 1. The topological polar surface area (TPSA) is 56.9 Å². The first-order valence-corrected chi connectivity index (χ1v) is 5.83. The average molecular weight is 231 g/mol. The Morgan fingerprint density at radius 3 is 3.06 bits per heavy atom. The quantitative estimate of drug-likeness (QED) is 0.728. The lowest BCUT2D eigenvalue weighted by Crippen LogP contribution is -2.33. The number of aromatic nitrogens is 1. The molecule has 3 N–H and O–H groups in total. The summed E-state index contributed by atoms with van der Waals surface area (Å²) in [5, 5.41) is 7.07. The fraction of sp³-hybridized carbons (Fsp3) is 0.308. The van der Waals surface area contributed by atoms with Gasteiger partial charge in [-0.2, -0.15) is 0 Å². The molecule has 17 heavy (non-hydrogen) atoms. The molecule has 0 unspecified atom stereocenters. The minimum Gasteiger partial charge on any atom is -0.361 e. The minimum absolute atomic E-state index is 0.0372. The molecular weight excluding hydrogens is 214 g/mol. The van der Waals surface area contributed by atoms with Crippen LogP contribution in [0.3, 0.4) is 0 Å². The van der Waals surface area contributed by atoms with Gasteiger partial charge in [0.2, 0.25) is 5.91 Å². The third kappa shape index (κ3) is 3.07. The van der Waals surface area contributed by atoms with Gasteiger partial charge in [0.05, 0.1) is 6.54 Å². The van der Waals surface area contributed by atoms with E-state index < -0.39 is 0 Å². The van der Waals surface area contributed by atoms with Crippen LogP contribution in [0.5, 0.6) is 0 Å². The highest BCUT2D eigenvalue weighted by Gasteiger charge is 2.00. The van der Waals surface area contributed by atoms with Gasteiger partial charge in [0.25, 0.3) is 0 Å². The van der Waals surface area contributed by atoms with E-state index in [-0.39, 0.29) is 5.91 Å². The number of carbonyl (C=O) groups excluding carboxylic acids is 1. The van der Waals surface area contributed by atoms with Crippen molar-refractivity contribution in [3.05, 3.63) is 36.0 Å². The van der Waals surface area contributed by atoms with Crippen LogP contribution >= 0.6 is 0 Å². The molecule has 4 nitrogen and oxygen atoms in total. The highest BCUT2D eigenvalue weighted by atomic mass is 16.1. The fourth-order valence-electron chi connectivity index (χ4n) is 1.79. The first kappa shape index (κ1) is 11.7. The van der Waals surface area contributed by atoms with E-state index >= 15 is 0 Å². The highest BCUT2D eigenvalue weighted by Crippen LogP contribution is 2.13. The van der Waals surface area contributed by atoms with Crippen molar-refractivity contribution in [2.75, 3.05) is 13.1 Å². The van der Waals surface area contributed by atoms with Crippen molar-refractivity contribution in [1.29, 1.82) is 0 Å². The Morgan fingerprint density at radius 2 is 2.24 bits per heavy atom. The van der Waals surface area contributed by atoms with Gasteiger partial charge in [0.1, 0.15) is 0 Å². The maximum Gasteiger partial charge on any atom is 0.233 e. The Morgan fingerprint density at radius 1 is 1.35 bits per heavy atom. The second kappa shape index (κ2) is 5.50. The normalized spacial score (nSPS) is 10.6. The molecule has 90 valence electrons. The third-order valence-corrected chi connectivity index (χ3v) is 2.61. The van der Waals surface area contributed by atoms with Gasteiger partial charge >= 0.3 is 0 Å². The molecule has 1 aromatic heterocycles. The predicted molar refractivity (Wildman–Crippen MR) is 68.7 cm³/mol. The summed E-state index contributed by atoms with van der Waals surface area (Å²) in [6.45, 7) is 3.66. The molecule has 2 rings (SSSR count). The molecule has 2 aromatic rings. The molecule has 0 radical (unpaired) electrons. The molecule has 0 saturated carbocycles. The Labute approximate surface area is 100 Å². The molecule has 0 fully saturated rings. The van der Waals surface area contributed by atoms with Crippen LogP contribution in [0.4, 0.5) is 0 Å². The van der Waals surface area contributed by atoms with E-state index in [1.54, 1.807) is 0 Å². The number of hydrogen-bond acceptors (Lipinski definition) is 2.